The second-order valence-corrected chi connectivity index (χ2v) is 4.10. The molecule has 0 unspecified atom stereocenters. The van der Waals surface area contributed by atoms with Crippen molar-refractivity contribution in [2.45, 2.75) is 6.42 Å². The highest BCUT2D eigenvalue weighted by atomic mass is 14.8. The van der Waals surface area contributed by atoms with Gasteiger partial charge in [-0.15, -0.1) is 0 Å². The molecule has 0 saturated carbocycles. The van der Waals surface area contributed by atoms with Gasteiger partial charge in [-0.2, -0.15) is 0 Å². The lowest BCUT2D eigenvalue weighted by Crippen LogP contribution is -2.05. The third-order valence-electron chi connectivity index (χ3n) is 2.72. The molecule has 1 nitrogen and oxygen atoms in total. The molecule has 0 heterocycles. The van der Waals surface area contributed by atoms with E-state index in [-0.39, 0.29) is 0 Å². The van der Waals surface area contributed by atoms with Gasteiger partial charge < -0.3 is 5.32 Å². The molecule has 2 aromatic carbocycles. The van der Waals surface area contributed by atoms with Gasteiger partial charge in [-0.1, -0.05) is 54.3 Å². The van der Waals surface area contributed by atoms with Crippen molar-refractivity contribution in [2.24, 2.45) is 0 Å². The van der Waals surface area contributed by atoms with Gasteiger partial charge in [0.1, 0.15) is 0 Å². The molecule has 0 spiro atoms. The summed E-state index contributed by atoms with van der Waals surface area (Å²) in [6.45, 7) is 0.940. The summed E-state index contributed by atoms with van der Waals surface area (Å²) < 4.78 is 0. The molecule has 0 aliphatic rings. The summed E-state index contributed by atoms with van der Waals surface area (Å²) in [6.07, 6.45) is 0.886. The zero-order valence-corrected chi connectivity index (χ0v) is 10.6. The maximum Gasteiger partial charge on any atom is 0.0245 e. The monoisotopic (exact) mass is 235 g/mol. The van der Waals surface area contributed by atoms with E-state index in [4.69, 9.17) is 0 Å². The van der Waals surface area contributed by atoms with Crippen LogP contribution in [0.15, 0.2) is 54.6 Å². The molecule has 2 aromatic rings. The molecule has 0 saturated heterocycles. The van der Waals surface area contributed by atoms with Crippen LogP contribution in [0.4, 0.5) is 0 Å². The van der Waals surface area contributed by atoms with Crippen molar-refractivity contribution >= 4 is 0 Å². The van der Waals surface area contributed by atoms with E-state index in [1.54, 1.807) is 0 Å². The first kappa shape index (κ1) is 12.4. The van der Waals surface area contributed by atoms with Crippen molar-refractivity contribution in [3.05, 3.63) is 60.2 Å². The van der Waals surface area contributed by atoms with Crippen molar-refractivity contribution in [1.29, 1.82) is 0 Å². The van der Waals surface area contributed by atoms with E-state index in [1.165, 1.54) is 11.1 Å². The van der Waals surface area contributed by atoms with Crippen LogP contribution in [0.1, 0.15) is 12.0 Å². The molecule has 0 aliphatic heterocycles. The fourth-order valence-corrected chi connectivity index (χ4v) is 1.73. The van der Waals surface area contributed by atoms with Crippen LogP contribution in [-0.4, -0.2) is 13.6 Å². The van der Waals surface area contributed by atoms with E-state index >= 15 is 0 Å². The van der Waals surface area contributed by atoms with Crippen molar-refractivity contribution in [3.63, 3.8) is 0 Å². The Morgan fingerprint density at radius 2 is 1.56 bits per heavy atom. The minimum Gasteiger partial charge on any atom is -0.319 e. The Hall–Kier alpha value is -2.04. The predicted octanol–water partition coefficient (Wildman–Crippen LogP) is 3.31. The largest absolute Gasteiger partial charge is 0.319 e. The normalized spacial score (nSPS) is 9.61. The molecule has 0 fully saturated rings. The summed E-state index contributed by atoms with van der Waals surface area (Å²) in [4.78, 5) is 0. The Balaban J connectivity index is 2.08. The topological polar surface area (TPSA) is 12.0 Å². The third kappa shape index (κ3) is 3.48. The van der Waals surface area contributed by atoms with Gasteiger partial charge in [0.15, 0.2) is 0 Å². The van der Waals surface area contributed by atoms with Crippen molar-refractivity contribution in [3.8, 4) is 23.0 Å². The summed E-state index contributed by atoms with van der Waals surface area (Å²) >= 11 is 0. The molecule has 0 amide bonds. The van der Waals surface area contributed by atoms with E-state index in [9.17, 15) is 0 Å². The zero-order valence-electron chi connectivity index (χ0n) is 10.6. The number of benzene rings is 2. The van der Waals surface area contributed by atoms with Crippen LogP contribution in [-0.2, 0) is 0 Å². The van der Waals surface area contributed by atoms with Gasteiger partial charge in [-0.05, 0) is 30.3 Å². The molecule has 0 aromatic heterocycles. The quantitative estimate of drug-likeness (QED) is 0.635. The highest BCUT2D eigenvalue weighted by Crippen LogP contribution is 2.18. The van der Waals surface area contributed by atoms with Crippen LogP contribution < -0.4 is 5.32 Å². The second-order valence-electron chi connectivity index (χ2n) is 4.10. The summed E-state index contributed by atoms with van der Waals surface area (Å²) in [6, 6.07) is 18.8. The first-order valence-electron chi connectivity index (χ1n) is 6.19. The maximum atomic E-state index is 3.17. The lowest BCUT2D eigenvalue weighted by atomic mass is 10.0. The lowest BCUT2D eigenvalue weighted by molar-refractivity contribution is 0.818. The molecule has 1 N–H and O–H groups in total. The Kier molecular flexibility index (Phi) is 4.58. The van der Waals surface area contributed by atoms with Gasteiger partial charge in [0.05, 0.1) is 0 Å². The third-order valence-corrected chi connectivity index (χ3v) is 2.72. The van der Waals surface area contributed by atoms with Crippen LogP contribution >= 0.6 is 0 Å². The van der Waals surface area contributed by atoms with Gasteiger partial charge in [-0.25, -0.2) is 0 Å². The van der Waals surface area contributed by atoms with Gasteiger partial charge in [0, 0.05) is 18.5 Å². The lowest BCUT2D eigenvalue weighted by Gasteiger charge is -2.00. The molecule has 18 heavy (non-hydrogen) atoms. The van der Waals surface area contributed by atoms with E-state index in [1.807, 2.05) is 13.1 Å². The average Bonchev–Trinajstić information content (AvgIpc) is 2.45. The SMILES string of the molecule is CNCCC#Cc1ccc(-c2ccccc2)cc1. The van der Waals surface area contributed by atoms with Crippen LogP contribution in [0.25, 0.3) is 11.1 Å². The van der Waals surface area contributed by atoms with E-state index in [0.717, 1.165) is 18.5 Å². The molecule has 0 aliphatic carbocycles. The van der Waals surface area contributed by atoms with Gasteiger partial charge in [0.2, 0.25) is 0 Å². The Morgan fingerprint density at radius 1 is 0.889 bits per heavy atom. The Labute approximate surface area is 109 Å². The Bertz CT molecular complexity index is 529. The zero-order chi connectivity index (χ0) is 12.6. The van der Waals surface area contributed by atoms with Gasteiger partial charge in [0.25, 0.3) is 0 Å². The average molecular weight is 235 g/mol. The minimum absolute atomic E-state index is 0.886. The van der Waals surface area contributed by atoms with Crippen LogP contribution in [0.3, 0.4) is 0 Å². The van der Waals surface area contributed by atoms with Crippen molar-refractivity contribution in [2.75, 3.05) is 13.6 Å². The summed E-state index contributed by atoms with van der Waals surface area (Å²) in [5, 5.41) is 3.08. The van der Waals surface area contributed by atoms with E-state index in [2.05, 4.69) is 65.7 Å². The van der Waals surface area contributed by atoms with Crippen LogP contribution in [0, 0.1) is 11.8 Å². The van der Waals surface area contributed by atoms with E-state index < -0.39 is 0 Å². The first-order valence-corrected chi connectivity index (χ1v) is 6.19. The summed E-state index contributed by atoms with van der Waals surface area (Å²) in [5.41, 5.74) is 3.55. The summed E-state index contributed by atoms with van der Waals surface area (Å²) in [7, 11) is 1.94. The molecule has 0 bridgehead atoms. The van der Waals surface area contributed by atoms with E-state index in [0.29, 0.717) is 0 Å². The van der Waals surface area contributed by atoms with Crippen molar-refractivity contribution in [1.82, 2.24) is 5.32 Å². The highest BCUT2D eigenvalue weighted by molar-refractivity contribution is 5.64. The standard InChI is InChI=1S/C17H17N/c1-18-14-6-5-7-15-10-12-17(13-11-15)16-8-3-2-4-9-16/h2-4,8-13,18H,6,14H2,1H3. The fraction of sp³-hybridized carbons (Fsp3) is 0.176. The Morgan fingerprint density at radius 3 is 2.22 bits per heavy atom. The number of hydrogen-bond acceptors (Lipinski definition) is 1. The molecular weight excluding hydrogens is 218 g/mol. The molecule has 0 radical (unpaired) electrons. The summed E-state index contributed by atoms with van der Waals surface area (Å²) in [5.74, 6) is 6.32. The fourth-order valence-electron chi connectivity index (χ4n) is 1.73. The van der Waals surface area contributed by atoms with Gasteiger partial charge >= 0.3 is 0 Å². The molecular formula is C17H17N. The molecule has 90 valence electrons. The van der Waals surface area contributed by atoms with Crippen LogP contribution in [0.5, 0.6) is 0 Å². The van der Waals surface area contributed by atoms with Gasteiger partial charge in [-0.3, -0.25) is 0 Å². The molecule has 2 rings (SSSR count). The van der Waals surface area contributed by atoms with Crippen molar-refractivity contribution < 1.29 is 0 Å². The maximum absolute atomic E-state index is 3.17. The highest BCUT2D eigenvalue weighted by Gasteiger charge is 1.95. The number of hydrogen-bond donors (Lipinski definition) is 1. The smallest absolute Gasteiger partial charge is 0.0245 e. The number of nitrogens with one attached hydrogen (secondary N) is 1. The molecule has 0 atom stereocenters. The number of rotatable bonds is 3. The van der Waals surface area contributed by atoms with Crippen LogP contribution in [0.2, 0.25) is 0 Å². The minimum atomic E-state index is 0.886. The second kappa shape index (κ2) is 6.64. The predicted molar refractivity (Wildman–Crippen MR) is 77.3 cm³/mol. The molecule has 1 heteroatoms. The first-order chi connectivity index (χ1) is 8.90.